The molecule has 0 bridgehead atoms. The molecule has 1 aromatic carbocycles. The number of rotatable bonds is 5. The summed E-state index contributed by atoms with van der Waals surface area (Å²) in [6.07, 6.45) is 0.414. The van der Waals surface area contributed by atoms with Crippen LogP contribution in [0, 0.1) is 5.41 Å². The second-order valence-electron chi connectivity index (χ2n) is 5.53. The van der Waals surface area contributed by atoms with Crippen molar-refractivity contribution in [2.24, 2.45) is 5.41 Å². The summed E-state index contributed by atoms with van der Waals surface area (Å²) in [5.41, 5.74) is 0.953. The molecule has 1 aliphatic rings. The molecule has 1 heterocycles. The fourth-order valence-corrected chi connectivity index (χ4v) is 2.23. The summed E-state index contributed by atoms with van der Waals surface area (Å²) in [7, 11) is 1.61. The molecule has 0 aliphatic carbocycles. The Kier molecular flexibility index (Phi) is 4.18. The zero-order chi connectivity index (χ0) is 14.8. The van der Waals surface area contributed by atoms with Crippen LogP contribution in [-0.4, -0.2) is 31.4 Å². The van der Waals surface area contributed by atoms with Crippen molar-refractivity contribution in [2.75, 3.05) is 20.3 Å². The summed E-state index contributed by atoms with van der Waals surface area (Å²) in [6, 6.07) is 3.73. The maximum absolute atomic E-state index is 11.3. The summed E-state index contributed by atoms with van der Waals surface area (Å²) in [6.45, 7) is 4.82. The third-order valence-electron chi connectivity index (χ3n) is 3.41. The molecule has 0 spiro atoms. The van der Waals surface area contributed by atoms with Crippen LogP contribution >= 0.6 is 0 Å². The van der Waals surface area contributed by atoms with Crippen molar-refractivity contribution < 1.29 is 24.1 Å². The second-order valence-corrected chi connectivity index (χ2v) is 5.53. The molecule has 20 heavy (non-hydrogen) atoms. The van der Waals surface area contributed by atoms with Gasteiger partial charge in [0.1, 0.15) is 13.2 Å². The van der Waals surface area contributed by atoms with E-state index in [-0.39, 0.29) is 0 Å². The van der Waals surface area contributed by atoms with E-state index < -0.39 is 11.4 Å². The number of carboxylic acid groups (broad SMARTS) is 1. The molecular formula is C15H20O5. The van der Waals surface area contributed by atoms with Crippen molar-refractivity contribution >= 4 is 5.97 Å². The predicted octanol–water partition coefficient (Wildman–Crippen LogP) is 2.26. The molecule has 5 nitrogen and oxygen atoms in total. The zero-order valence-electron chi connectivity index (χ0n) is 12.1. The first-order valence-corrected chi connectivity index (χ1v) is 6.58. The Morgan fingerprint density at radius 2 is 2.05 bits per heavy atom. The molecule has 0 atom stereocenters. The Labute approximate surface area is 118 Å². The number of benzene rings is 1. The fraction of sp³-hybridized carbons (Fsp3) is 0.533. The number of carboxylic acids is 1. The van der Waals surface area contributed by atoms with E-state index in [9.17, 15) is 9.90 Å². The molecule has 0 fully saturated rings. The van der Waals surface area contributed by atoms with Crippen molar-refractivity contribution in [1.29, 1.82) is 0 Å². The molecule has 1 aromatic rings. The highest BCUT2D eigenvalue weighted by molar-refractivity contribution is 5.74. The Morgan fingerprint density at radius 3 is 2.70 bits per heavy atom. The minimum absolute atomic E-state index is 0.373. The van der Waals surface area contributed by atoms with Crippen LogP contribution in [0.4, 0.5) is 0 Å². The van der Waals surface area contributed by atoms with Crippen LogP contribution < -0.4 is 9.47 Å². The van der Waals surface area contributed by atoms with Gasteiger partial charge in [-0.2, -0.15) is 0 Å². The van der Waals surface area contributed by atoms with Gasteiger partial charge >= 0.3 is 5.97 Å². The first-order chi connectivity index (χ1) is 9.45. The lowest BCUT2D eigenvalue weighted by atomic mass is 9.84. The van der Waals surface area contributed by atoms with E-state index in [1.165, 1.54) is 0 Å². The van der Waals surface area contributed by atoms with E-state index in [0.29, 0.717) is 37.7 Å². The van der Waals surface area contributed by atoms with E-state index in [4.69, 9.17) is 14.2 Å². The average Bonchev–Trinajstić information content (AvgIpc) is 2.41. The van der Waals surface area contributed by atoms with Gasteiger partial charge in [-0.3, -0.25) is 4.79 Å². The summed E-state index contributed by atoms with van der Waals surface area (Å²) in [5.74, 6) is 0.549. The summed E-state index contributed by atoms with van der Waals surface area (Å²) >= 11 is 0. The van der Waals surface area contributed by atoms with Gasteiger partial charge in [-0.05, 0) is 31.9 Å². The van der Waals surface area contributed by atoms with E-state index in [2.05, 4.69) is 0 Å². The molecular weight excluding hydrogens is 260 g/mol. The molecule has 0 saturated carbocycles. The van der Waals surface area contributed by atoms with Crippen LogP contribution in [0.5, 0.6) is 11.5 Å². The smallest absolute Gasteiger partial charge is 0.309 e. The van der Waals surface area contributed by atoms with Gasteiger partial charge in [-0.15, -0.1) is 0 Å². The summed E-state index contributed by atoms with van der Waals surface area (Å²) in [5, 5.41) is 9.27. The monoisotopic (exact) mass is 280 g/mol. The second kappa shape index (κ2) is 5.71. The minimum atomic E-state index is -0.841. The molecule has 0 radical (unpaired) electrons. The highest BCUT2D eigenvalue weighted by atomic mass is 16.6. The van der Waals surface area contributed by atoms with Gasteiger partial charge in [0.15, 0.2) is 11.5 Å². The molecule has 0 amide bonds. The Bertz CT molecular complexity index is 507. The lowest BCUT2D eigenvalue weighted by Crippen LogP contribution is -2.27. The molecule has 1 aliphatic heterocycles. The van der Waals surface area contributed by atoms with Crippen LogP contribution in [0.3, 0.4) is 0 Å². The number of aliphatic carboxylic acids is 1. The number of ether oxygens (including phenoxy) is 3. The van der Waals surface area contributed by atoms with Crippen LogP contribution in [0.25, 0.3) is 0 Å². The lowest BCUT2D eigenvalue weighted by Gasteiger charge is -2.25. The zero-order valence-corrected chi connectivity index (χ0v) is 12.1. The number of hydrogen-bond donors (Lipinski definition) is 1. The largest absolute Gasteiger partial charge is 0.486 e. The van der Waals surface area contributed by atoms with Crippen molar-refractivity contribution in [3.8, 4) is 11.5 Å². The third-order valence-corrected chi connectivity index (χ3v) is 3.41. The van der Waals surface area contributed by atoms with Crippen molar-refractivity contribution in [2.45, 2.75) is 26.9 Å². The normalized spacial score (nSPS) is 14.2. The predicted molar refractivity (Wildman–Crippen MR) is 73.3 cm³/mol. The van der Waals surface area contributed by atoms with Gasteiger partial charge < -0.3 is 19.3 Å². The molecule has 2 rings (SSSR count). The summed E-state index contributed by atoms with van der Waals surface area (Å²) < 4.78 is 16.4. The van der Waals surface area contributed by atoms with Crippen LogP contribution in [0.2, 0.25) is 0 Å². The van der Waals surface area contributed by atoms with E-state index in [0.717, 1.165) is 11.1 Å². The molecule has 0 aromatic heterocycles. The maximum Gasteiger partial charge on any atom is 0.309 e. The lowest BCUT2D eigenvalue weighted by molar-refractivity contribution is -0.146. The van der Waals surface area contributed by atoms with Gasteiger partial charge in [0.05, 0.1) is 12.0 Å². The van der Waals surface area contributed by atoms with Crippen LogP contribution in [0.1, 0.15) is 25.0 Å². The Morgan fingerprint density at radius 1 is 1.35 bits per heavy atom. The van der Waals surface area contributed by atoms with Gasteiger partial charge in [0.2, 0.25) is 0 Å². The standard InChI is InChI=1S/C15H20O5/c1-15(2,14(16)17)8-10-4-5-12-13(11(10)9-18-3)20-7-6-19-12/h4-5H,6-9H2,1-3H3,(H,16,17). The number of carbonyl (C=O) groups is 1. The fourth-order valence-electron chi connectivity index (χ4n) is 2.23. The van der Waals surface area contributed by atoms with Crippen molar-refractivity contribution in [3.05, 3.63) is 23.3 Å². The van der Waals surface area contributed by atoms with Gasteiger partial charge in [0, 0.05) is 12.7 Å². The van der Waals surface area contributed by atoms with Gasteiger partial charge in [-0.1, -0.05) is 6.07 Å². The molecule has 1 N–H and O–H groups in total. The van der Waals surface area contributed by atoms with E-state index in [1.54, 1.807) is 21.0 Å². The molecule has 110 valence electrons. The summed E-state index contributed by atoms with van der Waals surface area (Å²) in [4.78, 5) is 11.3. The van der Waals surface area contributed by atoms with Gasteiger partial charge in [0.25, 0.3) is 0 Å². The number of hydrogen-bond acceptors (Lipinski definition) is 4. The third kappa shape index (κ3) is 2.88. The molecule has 5 heteroatoms. The minimum Gasteiger partial charge on any atom is -0.486 e. The maximum atomic E-state index is 11.3. The quantitative estimate of drug-likeness (QED) is 0.896. The SMILES string of the molecule is COCc1c(CC(C)(C)C(=O)O)ccc2c1OCCO2. The van der Waals surface area contributed by atoms with Crippen molar-refractivity contribution in [3.63, 3.8) is 0 Å². The first-order valence-electron chi connectivity index (χ1n) is 6.58. The molecule has 0 saturated heterocycles. The van der Waals surface area contributed by atoms with Crippen LogP contribution in [-0.2, 0) is 22.6 Å². The highest BCUT2D eigenvalue weighted by Gasteiger charge is 2.30. The average molecular weight is 280 g/mol. The van der Waals surface area contributed by atoms with Crippen LogP contribution in [0.15, 0.2) is 12.1 Å². The Balaban J connectivity index is 2.40. The van der Waals surface area contributed by atoms with Gasteiger partial charge in [-0.25, -0.2) is 0 Å². The first kappa shape index (κ1) is 14.7. The Hall–Kier alpha value is -1.75. The number of methoxy groups -OCH3 is 1. The topological polar surface area (TPSA) is 65.0 Å². The van der Waals surface area contributed by atoms with Crippen molar-refractivity contribution in [1.82, 2.24) is 0 Å². The van der Waals surface area contributed by atoms with E-state index >= 15 is 0 Å². The molecule has 0 unspecified atom stereocenters. The number of fused-ring (bicyclic) bond motifs is 1. The highest BCUT2D eigenvalue weighted by Crippen LogP contribution is 2.38. The van der Waals surface area contributed by atoms with E-state index in [1.807, 2.05) is 12.1 Å².